The van der Waals surface area contributed by atoms with Crippen molar-refractivity contribution in [3.8, 4) is 0 Å². The Morgan fingerprint density at radius 3 is 2.83 bits per heavy atom. The molecule has 0 radical (unpaired) electrons. The van der Waals surface area contributed by atoms with Crippen molar-refractivity contribution < 1.29 is 34.7 Å². The van der Waals surface area contributed by atoms with E-state index in [9.17, 15) is 25.2 Å². The summed E-state index contributed by atoms with van der Waals surface area (Å²) in [5, 5.41) is 43.0. The summed E-state index contributed by atoms with van der Waals surface area (Å²) in [5.41, 5.74) is 3.59. The molecule has 3 heterocycles. The number of aliphatic hydroxyl groups is 3. The normalized spacial score (nSPS) is 37.6. The van der Waals surface area contributed by atoms with Crippen molar-refractivity contribution in [3.63, 3.8) is 0 Å². The number of benzene rings is 1. The summed E-state index contributed by atoms with van der Waals surface area (Å²) in [6, 6.07) is 6.24. The topological polar surface area (TPSA) is 132 Å². The second-order valence-electron chi connectivity index (χ2n) is 8.41. The lowest BCUT2D eigenvalue weighted by Gasteiger charge is -2.42. The van der Waals surface area contributed by atoms with E-state index in [1.807, 2.05) is 12.1 Å². The van der Waals surface area contributed by atoms with E-state index in [1.54, 1.807) is 0 Å². The van der Waals surface area contributed by atoms with Crippen molar-refractivity contribution >= 4 is 11.7 Å². The number of allylic oxidation sites excluding steroid dienone is 2. The van der Waals surface area contributed by atoms with E-state index in [0.717, 1.165) is 38.2 Å². The van der Waals surface area contributed by atoms with Crippen LogP contribution in [0.5, 0.6) is 0 Å². The van der Waals surface area contributed by atoms with Crippen LogP contribution in [0.4, 0.5) is 5.69 Å². The smallest absolute Gasteiger partial charge is 0.335 e. The van der Waals surface area contributed by atoms with Crippen LogP contribution in [0.2, 0.25) is 0 Å². The van der Waals surface area contributed by atoms with Crippen molar-refractivity contribution in [2.24, 2.45) is 5.92 Å². The summed E-state index contributed by atoms with van der Waals surface area (Å²) in [4.78, 5) is 13.8. The third-order valence-electron chi connectivity index (χ3n) is 6.60. The molecule has 5 rings (SSSR count). The molecule has 0 aromatic heterocycles. The lowest BCUT2D eigenvalue weighted by atomic mass is 9.81. The first-order chi connectivity index (χ1) is 14.5. The van der Waals surface area contributed by atoms with Gasteiger partial charge in [0.1, 0.15) is 24.1 Å². The van der Waals surface area contributed by atoms with Crippen LogP contribution in [-0.4, -0.2) is 76.7 Å². The number of aliphatic carboxylic acids is 1. The van der Waals surface area contributed by atoms with Crippen LogP contribution in [0.25, 0.3) is 0 Å². The number of nitrogens with zero attached hydrogens (tertiary/aromatic N) is 1. The number of hydrogen-bond donors (Lipinski definition) is 5. The van der Waals surface area contributed by atoms with Gasteiger partial charge in [0, 0.05) is 37.8 Å². The molecule has 3 aliphatic heterocycles. The van der Waals surface area contributed by atoms with Crippen molar-refractivity contribution in [2.45, 2.75) is 49.6 Å². The molecule has 7 unspecified atom stereocenters. The SMILES string of the molecule is O=C(O)C1OC(OC2=CCC3CN4CCNCc5cccc(c54)C23)C(O)C(O)C1O. The number of carboxylic acid groups (broad SMARTS) is 1. The largest absolute Gasteiger partial charge is 0.479 e. The van der Waals surface area contributed by atoms with Crippen LogP contribution in [0.3, 0.4) is 0 Å². The molecular formula is C21H26N2O7. The number of ether oxygens (including phenoxy) is 2. The molecular weight excluding hydrogens is 392 g/mol. The Hall–Kier alpha value is -2.17. The molecule has 7 atom stereocenters. The minimum Gasteiger partial charge on any atom is -0.479 e. The summed E-state index contributed by atoms with van der Waals surface area (Å²) in [7, 11) is 0. The second kappa shape index (κ2) is 7.51. The number of nitrogens with one attached hydrogen (secondary N) is 1. The molecule has 162 valence electrons. The third kappa shape index (κ3) is 3.09. The number of carbonyl (C=O) groups is 1. The van der Waals surface area contributed by atoms with Crippen LogP contribution in [0.15, 0.2) is 30.0 Å². The number of rotatable bonds is 3. The lowest BCUT2D eigenvalue weighted by molar-refractivity contribution is -0.285. The van der Waals surface area contributed by atoms with Crippen LogP contribution >= 0.6 is 0 Å². The third-order valence-corrected chi connectivity index (χ3v) is 6.60. The van der Waals surface area contributed by atoms with E-state index in [0.29, 0.717) is 11.7 Å². The van der Waals surface area contributed by atoms with E-state index < -0.39 is 36.7 Å². The molecule has 4 aliphatic rings. The number of hydrogen-bond acceptors (Lipinski definition) is 8. The van der Waals surface area contributed by atoms with Crippen LogP contribution in [-0.2, 0) is 20.8 Å². The predicted molar refractivity (Wildman–Crippen MR) is 105 cm³/mol. The highest BCUT2D eigenvalue weighted by atomic mass is 16.7. The molecule has 0 amide bonds. The fraction of sp³-hybridized carbons (Fsp3) is 0.571. The number of fused-ring (bicyclic) bond motifs is 2. The monoisotopic (exact) mass is 418 g/mol. The highest BCUT2D eigenvalue weighted by molar-refractivity contribution is 5.73. The molecule has 1 aliphatic carbocycles. The van der Waals surface area contributed by atoms with Gasteiger partial charge < -0.3 is 40.1 Å². The van der Waals surface area contributed by atoms with Crippen LogP contribution in [0.1, 0.15) is 23.5 Å². The maximum absolute atomic E-state index is 11.4. The Morgan fingerprint density at radius 2 is 2.03 bits per heavy atom. The summed E-state index contributed by atoms with van der Waals surface area (Å²) in [6.07, 6.45) is -5.27. The van der Waals surface area contributed by atoms with Gasteiger partial charge in [-0.25, -0.2) is 4.79 Å². The molecule has 9 nitrogen and oxygen atoms in total. The first kappa shape index (κ1) is 19.8. The highest BCUT2D eigenvalue weighted by Gasteiger charge is 2.49. The zero-order valence-electron chi connectivity index (χ0n) is 16.3. The Balaban J connectivity index is 1.43. The Bertz CT molecular complexity index is 875. The van der Waals surface area contributed by atoms with Gasteiger partial charge in [0.25, 0.3) is 0 Å². The fourth-order valence-corrected chi connectivity index (χ4v) is 5.16. The Morgan fingerprint density at radius 1 is 1.20 bits per heavy atom. The van der Waals surface area contributed by atoms with Crippen LogP contribution < -0.4 is 10.2 Å². The van der Waals surface area contributed by atoms with Crippen molar-refractivity contribution in [1.29, 1.82) is 0 Å². The molecule has 0 saturated carbocycles. The zero-order chi connectivity index (χ0) is 21.0. The predicted octanol–water partition coefficient (Wildman–Crippen LogP) is -0.494. The number of carboxylic acids is 1. The van der Waals surface area contributed by atoms with Crippen molar-refractivity contribution in [1.82, 2.24) is 5.32 Å². The Kier molecular flexibility index (Phi) is 4.95. The molecule has 9 heteroatoms. The maximum Gasteiger partial charge on any atom is 0.335 e. The quantitative estimate of drug-likeness (QED) is 0.441. The van der Waals surface area contributed by atoms with Gasteiger partial charge in [0.15, 0.2) is 6.10 Å². The molecule has 1 aromatic carbocycles. The summed E-state index contributed by atoms with van der Waals surface area (Å²) < 4.78 is 11.3. The van der Waals surface area contributed by atoms with Crippen LogP contribution in [0, 0.1) is 5.92 Å². The van der Waals surface area contributed by atoms with Crippen molar-refractivity contribution in [2.75, 3.05) is 24.5 Å². The average molecular weight is 418 g/mol. The number of aliphatic hydroxyl groups excluding tert-OH is 3. The van der Waals surface area contributed by atoms with E-state index in [-0.39, 0.29) is 5.92 Å². The maximum atomic E-state index is 11.4. The molecule has 30 heavy (non-hydrogen) atoms. The van der Waals surface area contributed by atoms with Gasteiger partial charge in [-0.1, -0.05) is 18.2 Å². The van der Waals surface area contributed by atoms with E-state index in [4.69, 9.17) is 9.47 Å². The molecule has 1 aromatic rings. The summed E-state index contributed by atoms with van der Waals surface area (Å²) >= 11 is 0. The minimum absolute atomic E-state index is 0.0302. The van der Waals surface area contributed by atoms with Crippen molar-refractivity contribution in [3.05, 3.63) is 41.2 Å². The Labute approximate surface area is 173 Å². The molecule has 5 N–H and O–H groups in total. The first-order valence-electron chi connectivity index (χ1n) is 10.3. The summed E-state index contributed by atoms with van der Waals surface area (Å²) in [6.45, 7) is 3.53. The minimum atomic E-state index is -1.73. The van der Waals surface area contributed by atoms with Gasteiger partial charge in [-0.2, -0.15) is 0 Å². The summed E-state index contributed by atoms with van der Waals surface area (Å²) in [5.74, 6) is -0.540. The zero-order valence-corrected chi connectivity index (χ0v) is 16.3. The average Bonchev–Trinajstić information content (AvgIpc) is 3.01. The van der Waals surface area contributed by atoms with Gasteiger partial charge in [0.2, 0.25) is 6.29 Å². The standard InChI is InChI=1S/C21H26N2O7/c24-16-17(25)19(20(27)28)30-21(18(16)26)29-13-5-4-11-9-23-7-6-22-8-10-2-1-3-12(14(11)13)15(10)23/h1-3,5,11,14,16-19,21-22,24-26H,4,6-9H2,(H,27,28). The number of anilines is 1. The van der Waals surface area contributed by atoms with E-state index in [1.165, 1.54) is 11.3 Å². The van der Waals surface area contributed by atoms with E-state index >= 15 is 0 Å². The van der Waals surface area contributed by atoms with E-state index in [2.05, 4.69) is 22.3 Å². The first-order valence-corrected chi connectivity index (χ1v) is 10.3. The fourth-order valence-electron chi connectivity index (χ4n) is 5.16. The van der Waals surface area contributed by atoms with Gasteiger partial charge in [0.05, 0.1) is 0 Å². The molecule has 1 saturated heterocycles. The second-order valence-corrected chi connectivity index (χ2v) is 8.41. The molecule has 0 bridgehead atoms. The van der Waals surface area contributed by atoms with Gasteiger partial charge in [-0.05, 0) is 29.5 Å². The van der Waals surface area contributed by atoms with Gasteiger partial charge in [-0.15, -0.1) is 0 Å². The molecule has 0 spiro atoms. The van der Waals surface area contributed by atoms with Gasteiger partial charge in [-0.3, -0.25) is 0 Å². The highest BCUT2D eigenvalue weighted by Crippen LogP contribution is 2.50. The molecule has 1 fully saturated rings. The lowest BCUT2D eigenvalue weighted by Crippen LogP contribution is -2.60. The number of para-hydroxylation sites is 1. The van der Waals surface area contributed by atoms with Gasteiger partial charge >= 0.3 is 5.97 Å².